The highest BCUT2D eigenvalue weighted by Crippen LogP contribution is 2.37. The molecule has 0 bridgehead atoms. The lowest BCUT2D eigenvalue weighted by Gasteiger charge is -2.25. The van der Waals surface area contributed by atoms with Crippen LogP contribution in [0.5, 0.6) is 0 Å². The lowest BCUT2D eigenvalue weighted by Crippen LogP contribution is -2.41. The summed E-state index contributed by atoms with van der Waals surface area (Å²) in [7, 11) is 0. The molecule has 128 valence electrons. The summed E-state index contributed by atoms with van der Waals surface area (Å²) in [6, 6.07) is 3.87. The van der Waals surface area contributed by atoms with Gasteiger partial charge in [-0.05, 0) is 31.2 Å². The quantitative estimate of drug-likeness (QED) is 0.846. The predicted molar refractivity (Wildman–Crippen MR) is 83.0 cm³/mol. The Hall–Kier alpha value is -1.98. The molecule has 2 aliphatic heterocycles. The van der Waals surface area contributed by atoms with Crippen LogP contribution in [0.3, 0.4) is 0 Å². The first kappa shape index (κ1) is 15.5. The van der Waals surface area contributed by atoms with Crippen molar-refractivity contribution in [2.45, 2.75) is 44.2 Å². The van der Waals surface area contributed by atoms with Crippen molar-refractivity contribution in [3.8, 4) is 0 Å². The van der Waals surface area contributed by atoms with E-state index in [1.54, 1.807) is 4.90 Å². The molecule has 2 atom stereocenters. The fourth-order valence-electron chi connectivity index (χ4n) is 4.00. The fourth-order valence-corrected chi connectivity index (χ4v) is 4.00. The van der Waals surface area contributed by atoms with Crippen LogP contribution >= 0.6 is 0 Å². The van der Waals surface area contributed by atoms with Crippen LogP contribution in [0, 0.1) is 17.6 Å². The van der Waals surface area contributed by atoms with E-state index in [0.29, 0.717) is 18.9 Å². The second kappa shape index (κ2) is 5.83. The Kier molecular flexibility index (Phi) is 3.77. The van der Waals surface area contributed by atoms with Crippen LogP contribution in [0.2, 0.25) is 0 Å². The normalized spacial score (nSPS) is 26.2. The lowest BCUT2D eigenvalue weighted by molar-refractivity contribution is -0.131. The zero-order valence-electron chi connectivity index (χ0n) is 13.4. The van der Waals surface area contributed by atoms with E-state index in [4.69, 9.17) is 0 Å². The summed E-state index contributed by atoms with van der Waals surface area (Å²) >= 11 is 0. The minimum absolute atomic E-state index is 0.0719. The number of rotatable bonds is 4. The van der Waals surface area contributed by atoms with Gasteiger partial charge in [-0.15, -0.1) is 0 Å². The minimum atomic E-state index is -0.959. The van der Waals surface area contributed by atoms with Gasteiger partial charge in [-0.25, -0.2) is 8.78 Å². The highest BCUT2D eigenvalue weighted by atomic mass is 19.2. The van der Waals surface area contributed by atoms with Gasteiger partial charge < -0.3 is 9.80 Å². The number of likely N-dealkylation sites (tertiary alicyclic amines) is 2. The summed E-state index contributed by atoms with van der Waals surface area (Å²) in [4.78, 5) is 28.5. The zero-order chi connectivity index (χ0) is 16.8. The summed E-state index contributed by atoms with van der Waals surface area (Å²) in [5.74, 6) is -1.39. The average molecular weight is 334 g/mol. The van der Waals surface area contributed by atoms with Gasteiger partial charge in [0.15, 0.2) is 11.6 Å². The van der Waals surface area contributed by atoms with E-state index < -0.39 is 11.6 Å². The van der Waals surface area contributed by atoms with Crippen molar-refractivity contribution in [3.05, 3.63) is 35.4 Å². The summed E-state index contributed by atoms with van der Waals surface area (Å²) in [6.07, 6.45) is 3.34. The average Bonchev–Trinajstić information content (AvgIpc) is 3.20. The van der Waals surface area contributed by atoms with E-state index in [9.17, 15) is 18.4 Å². The Morgan fingerprint density at radius 2 is 1.96 bits per heavy atom. The van der Waals surface area contributed by atoms with Gasteiger partial charge in [-0.1, -0.05) is 12.1 Å². The Morgan fingerprint density at radius 3 is 2.71 bits per heavy atom. The van der Waals surface area contributed by atoms with E-state index in [1.807, 2.05) is 4.90 Å². The summed E-state index contributed by atoms with van der Waals surface area (Å²) in [6.45, 7) is 1.39. The molecule has 3 aliphatic rings. The highest BCUT2D eigenvalue weighted by molar-refractivity contribution is 5.84. The third-order valence-corrected chi connectivity index (χ3v) is 5.46. The molecule has 0 radical (unpaired) electrons. The molecule has 0 spiro atoms. The maximum absolute atomic E-state index is 13.8. The summed E-state index contributed by atoms with van der Waals surface area (Å²) in [5.41, 5.74) is 0.0719. The number of nitrogens with zero attached hydrogens (tertiary/aromatic N) is 2. The van der Waals surface area contributed by atoms with Crippen LogP contribution in [-0.2, 0) is 16.0 Å². The van der Waals surface area contributed by atoms with Gasteiger partial charge in [0.1, 0.15) is 0 Å². The maximum Gasteiger partial charge on any atom is 0.227 e. The molecule has 1 aromatic rings. The fraction of sp³-hybridized carbons (Fsp3) is 0.556. The third kappa shape index (κ3) is 2.68. The van der Waals surface area contributed by atoms with Crippen molar-refractivity contribution in [2.75, 3.05) is 13.1 Å². The molecule has 2 amide bonds. The first-order chi connectivity index (χ1) is 11.5. The molecule has 6 heteroatoms. The largest absolute Gasteiger partial charge is 0.337 e. The topological polar surface area (TPSA) is 40.6 Å². The van der Waals surface area contributed by atoms with Gasteiger partial charge in [0.05, 0.1) is 18.5 Å². The van der Waals surface area contributed by atoms with Crippen molar-refractivity contribution in [1.82, 2.24) is 9.80 Å². The van der Waals surface area contributed by atoms with Crippen LogP contribution in [0.25, 0.3) is 0 Å². The zero-order valence-corrected chi connectivity index (χ0v) is 13.4. The van der Waals surface area contributed by atoms with Crippen LogP contribution < -0.4 is 0 Å². The highest BCUT2D eigenvalue weighted by Gasteiger charge is 2.49. The molecule has 4 nitrogen and oxygen atoms in total. The second-order valence-electron chi connectivity index (χ2n) is 7.09. The number of hydrogen-bond donors (Lipinski definition) is 0. The number of halogens is 2. The molecule has 2 heterocycles. The van der Waals surface area contributed by atoms with Crippen LogP contribution in [-0.4, -0.2) is 46.8 Å². The maximum atomic E-state index is 13.8. The molecule has 2 saturated heterocycles. The number of amides is 2. The number of hydrogen-bond acceptors (Lipinski definition) is 2. The van der Waals surface area contributed by atoms with E-state index in [0.717, 1.165) is 19.0 Å². The van der Waals surface area contributed by atoms with E-state index >= 15 is 0 Å². The minimum Gasteiger partial charge on any atom is -0.337 e. The molecule has 24 heavy (non-hydrogen) atoms. The summed E-state index contributed by atoms with van der Waals surface area (Å²) < 4.78 is 27.1. The molecule has 1 aliphatic carbocycles. The number of benzene rings is 1. The molecule has 0 N–H and O–H groups in total. The van der Waals surface area contributed by atoms with Crippen molar-refractivity contribution in [1.29, 1.82) is 0 Å². The Labute approximate surface area is 139 Å². The van der Waals surface area contributed by atoms with Gasteiger partial charge in [0.2, 0.25) is 11.8 Å². The monoisotopic (exact) mass is 334 g/mol. The molecule has 0 aromatic heterocycles. The van der Waals surface area contributed by atoms with Gasteiger partial charge in [0.25, 0.3) is 0 Å². The molecule has 1 saturated carbocycles. The van der Waals surface area contributed by atoms with Gasteiger partial charge in [0, 0.05) is 25.1 Å². The smallest absolute Gasteiger partial charge is 0.227 e. The predicted octanol–water partition coefficient (Wildman–Crippen LogP) is 2.12. The van der Waals surface area contributed by atoms with Crippen molar-refractivity contribution in [2.24, 2.45) is 5.92 Å². The third-order valence-electron chi connectivity index (χ3n) is 5.46. The SMILES string of the molecule is O=C(Cc1cccc(F)c1F)N1CC[C@H]2[C@@H]1CC(=O)N2CC1CC1. The number of carbonyl (C=O) groups is 2. The van der Waals surface area contributed by atoms with Gasteiger partial charge >= 0.3 is 0 Å². The molecule has 1 aromatic carbocycles. The van der Waals surface area contributed by atoms with Gasteiger partial charge in [-0.2, -0.15) is 0 Å². The number of carbonyl (C=O) groups excluding carboxylic acids is 2. The standard InChI is InChI=1S/C18H20F2N2O2/c19-13-3-1-2-12(18(13)20)8-16(23)21-7-6-14-15(21)9-17(24)22(14)10-11-4-5-11/h1-3,11,14-15H,4-10H2/t14-,15-/m0/s1. The first-order valence-electron chi connectivity index (χ1n) is 8.56. The van der Waals surface area contributed by atoms with Gasteiger partial charge in [-0.3, -0.25) is 9.59 Å². The van der Waals surface area contributed by atoms with E-state index in [1.165, 1.54) is 25.0 Å². The van der Waals surface area contributed by atoms with Crippen LogP contribution in [0.4, 0.5) is 8.78 Å². The molecular weight excluding hydrogens is 314 g/mol. The second-order valence-corrected chi connectivity index (χ2v) is 7.09. The van der Waals surface area contributed by atoms with Crippen molar-refractivity contribution < 1.29 is 18.4 Å². The lowest BCUT2D eigenvalue weighted by atomic mass is 10.1. The Balaban J connectivity index is 1.46. The first-order valence-corrected chi connectivity index (χ1v) is 8.56. The van der Waals surface area contributed by atoms with Crippen molar-refractivity contribution in [3.63, 3.8) is 0 Å². The van der Waals surface area contributed by atoms with Crippen LogP contribution in [0.1, 0.15) is 31.2 Å². The Morgan fingerprint density at radius 1 is 1.17 bits per heavy atom. The summed E-state index contributed by atoms with van der Waals surface area (Å²) in [5, 5.41) is 0. The van der Waals surface area contributed by atoms with E-state index in [-0.39, 0.29) is 35.9 Å². The van der Waals surface area contributed by atoms with E-state index in [2.05, 4.69) is 0 Å². The molecule has 3 fully saturated rings. The molecular formula is C18H20F2N2O2. The molecule has 0 unspecified atom stereocenters. The number of fused-ring (bicyclic) bond motifs is 1. The Bertz CT molecular complexity index is 690. The van der Waals surface area contributed by atoms with Crippen LogP contribution in [0.15, 0.2) is 18.2 Å². The van der Waals surface area contributed by atoms with Crippen molar-refractivity contribution >= 4 is 11.8 Å². The molecule has 4 rings (SSSR count).